The zero-order chi connectivity index (χ0) is 19.6. The molecule has 3 aromatic rings. The Morgan fingerprint density at radius 2 is 1.89 bits per heavy atom. The summed E-state index contributed by atoms with van der Waals surface area (Å²) < 4.78 is 6.96. The minimum Gasteiger partial charge on any atom is -0.496 e. The molecule has 1 N–H and O–H groups in total. The third-order valence-corrected chi connectivity index (χ3v) is 4.33. The number of hydrogen-bond donors (Lipinski definition) is 1. The van der Waals surface area contributed by atoms with Crippen molar-refractivity contribution in [1.29, 1.82) is 0 Å². The topological polar surface area (TPSA) is 73.2 Å². The molecule has 0 spiro atoms. The molecule has 0 unspecified atom stereocenters. The molecule has 27 heavy (non-hydrogen) atoms. The van der Waals surface area contributed by atoms with Crippen LogP contribution < -0.4 is 10.1 Å². The van der Waals surface area contributed by atoms with E-state index >= 15 is 0 Å². The second kappa shape index (κ2) is 7.45. The van der Waals surface area contributed by atoms with Crippen LogP contribution in [-0.4, -0.2) is 28.6 Å². The number of hydrogen-bond acceptors (Lipinski definition) is 4. The van der Waals surface area contributed by atoms with Gasteiger partial charge in [-0.25, -0.2) is 0 Å². The molecule has 1 heterocycles. The van der Waals surface area contributed by atoms with E-state index in [4.69, 9.17) is 4.74 Å². The molecule has 0 saturated heterocycles. The number of Topliss-reactive ketones (excluding diaryl/α,β-unsaturated/α-hetero) is 1. The second-order valence-electron chi connectivity index (χ2n) is 6.31. The summed E-state index contributed by atoms with van der Waals surface area (Å²) in [7, 11) is 3.43. The number of amides is 1. The average Bonchev–Trinajstić information content (AvgIpc) is 3.03. The summed E-state index contributed by atoms with van der Waals surface area (Å²) in [6.45, 7) is 3.46. The van der Waals surface area contributed by atoms with Crippen molar-refractivity contribution in [3.05, 3.63) is 65.4 Å². The largest absolute Gasteiger partial charge is 0.496 e. The van der Waals surface area contributed by atoms with Gasteiger partial charge in [0.25, 0.3) is 5.91 Å². The Balaban J connectivity index is 1.85. The molecule has 3 rings (SSSR count). The number of rotatable bonds is 5. The number of aryl methyl sites for hydroxylation is 2. The van der Waals surface area contributed by atoms with Crippen LogP contribution >= 0.6 is 0 Å². The summed E-state index contributed by atoms with van der Waals surface area (Å²) in [5, 5.41) is 7.11. The number of anilines is 1. The van der Waals surface area contributed by atoms with Crippen molar-refractivity contribution in [2.75, 3.05) is 12.4 Å². The summed E-state index contributed by atoms with van der Waals surface area (Å²) in [6.07, 6.45) is 0. The third kappa shape index (κ3) is 3.89. The van der Waals surface area contributed by atoms with E-state index in [1.165, 1.54) is 6.92 Å². The van der Waals surface area contributed by atoms with E-state index in [2.05, 4.69) is 10.4 Å². The first-order chi connectivity index (χ1) is 12.9. The van der Waals surface area contributed by atoms with Gasteiger partial charge < -0.3 is 10.1 Å². The number of carbonyl (C=O) groups excluding carboxylic acids is 2. The van der Waals surface area contributed by atoms with Gasteiger partial charge in [-0.15, -0.1) is 0 Å². The van der Waals surface area contributed by atoms with Crippen molar-refractivity contribution >= 4 is 17.4 Å². The lowest BCUT2D eigenvalue weighted by atomic mass is 10.1. The maximum atomic E-state index is 12.6. The molecule has 6 nitrogen and oxygen atoms in total. The molecule has 1 amide bonds. The lowest BCUT2D eigenvalue weighted by Crippen LogP contribution is -2.13. The summed E-state index contributed by atoms with van der Waals surface area (Å²) in [5.74, 6) is 0.424. The number of benzene rings is 2. The van der Waals surface area contributed by atoms with E-state index in [1.54, 1.807) is 49.2 Å². The van der Waals surface area contributed by atoms with Gasteiger partial charge in [0.1, 0.15) is 5.75 Å². The van der Waals surface area contributed by atoms with Crippen LogP contribution in [0.3, 0.4) is 0 Å². The van der Waals surface area contributed by atoms with Crippen molar-refractivity contribution in [3.8, 4) is 17.0 Å². The van der Waals surface area contributed by atoms with Crippen LogP contribution in [0.2, 0.25) is 0 Å². The molecular formula is C21H21N3O3. The Labute approximate surface area is 157 Å². The van der Waals surface area contributed by atoms with Gasteiger partial charge >= 0.3 is 0 Å². The lowest BCUT2D eigenvalue weighted by Gasteiger charge is -2.07. The van der Waals surface area contributed by atoms with E-state index in [-0.39, 0.29) is 11.7 Å². The highest BCUT2D eigenvalue weighted by molar-refractivity contribution is 6.04. The van der Waals surface area contributed by atoms with Gasteiger partial charge in [-0.3, -0.25) is 14.3 Å². The summed E-state index contributed by atoms with van der Waals surface area (Å²) in [6, 6.07) is 14.4. The molecule has 0 aliphatic heterocycles. The number of ketones is 1. The fourth-order valence-electron chi connectivity index (χ4n) is 2.90. The van der Waals surface area contributed by atoms with Crippen LogP contribution in [-0.2, 0) is 7.05 Å². The van der Waals surface area contributed by atoms with E-state index < -0.39 is 0 Å². The van der Waals surface area contributed by atoms with E-state index in [0.717, 1.165) is 22.6 Å². The maximum absolute atomic E-state index is 12.6. The number of methoxy groups -OCH3 is 1. The van der Waals surface area contributed by atoms with Crippen LogP contribution in [0.5, 0.6) is 5.75 Å². The zero-order valence-corrected chi connectivity index (χ0v) is 15.7. The minimum absolute atomic E-state index is 0.0545. The quantitative estimate of drug-likeness (QED) is 0.699. The van der Waals surface area contributed by atoms with Gasteiger partial charge in [-0.2, -0.15) is 5.10 Å². The van der Waals surface area contributed by atoms with Crippen molar-refractivity contribution in [1.82, 2.24) is 9.78 Å². The highest BCUT2D eigenvalue weighted by Gasteiger charge is 2.15. The molecule has 138 valence electrons. The van der Waals surface area contributed by atoms with Gasteiger partial charge in [0.05, 0.1) is 12.8 Å². The summed E-state index contributed by atoms with van der Waals surface area (Å²) in [5.41, 5.74) is 4.17. The number of nitrogens with one attached hydrogen (secondary N) is 1. The van der Waals surface area contributed by atoms with Crippen LogP contribution in [0.1, 0.15) is 33.3 Å². The van der Waals surface area contributed by atoms with E-state index in [0.29, 0.717) is 16.9 Å². The van der Waals surface area contributed by atoms with Gasteiger partial charge in [-0.1, -0.05) is 12.1 Å². The first kappa shape index (κ1) is 18.4. The molecule has 0 aliphatic rings. The van der Waals surface area contributed by atoms with Crippen LogP contribution in [0.15, 0.2) is 48.5 Å². The Hall–Kier alpha value is -3.41. The zero-order valence-electron chi connectivity index (χ0n) is 15.7. The van der Waals surface area contributed by atoms with E-state index in [1.807, 2.05) is 25.1 Å². The minimum atomic E-state index is -0.331. The molecule has 2 aromatic carbocycles. The Kier molecular flexibility index (Phi) is 5.07. The van der Waals surface area contributed by atoms with Gasteiger partial charge in [0.15, 0.2) is 11.5 Å². The predicted octanol–water partition coefficient (Wildman–Crippen LogP) is 3.86. The molecular weight excluding hydrogens is 342 g/mol. The predicted molar refractivity (Wildman–Crippen MR) is 104 cm³/mol. The first-order valence-electron chi connectivity index (χ1n) is 8.50. The first-order valence-corrected chi connectivity index (χ1v) is 8.50. The fraction of sp³-hybridized carbons (Fsp3) is 0.190. The molecule has 0 bridgehead atoms. The van der Waals surface area contributed by atoms with Crippen molar-refractivity contribution < 1.29 is 14.3 Å². The molecule has 0 fully saturated rings. The molecule has 0 atom stereocenters. The Morgan fingerprint density at radius 1 is 1.11 bits per heavy atom. The number of ether oxygens (including phenoxy) is 1. The standard InChI is InChI=1S/C21H21N3O3/c1-13-10-16(8-9-20(13)27-4)19-12-18(23-24(19)3)21(26)22-17-7-5-6-15(11-17)14(2)25/h5-12H,1-4H3,(H,22,26). The molecule has 0 saturated carbocycles. The van der Waals surface area contributed by atoms with Gasteiger partial charge in [0, 0.05) is 23.9 Å². The molecule has 1 aromatic heterocycles. The molecule has 0 aliphatic carbocycles. The molecule has 0 radical (unpaired) electrons. The lowest BCUT2D eigenvalue weighted by molar-refractivity contribution is 0.100. The van der Waals surface area contributed by atoms with Crippen LogP contribution in [0.25, 0.3) is 11.3 Å². The van der Waals surface area contributed by atoms with Crippen molar-refractivity contribution in [3.63, 3.8) is 0 Å². The third-order valence-electron chi connectivity index (χ3n) is 4.33. The van der Waals surface area contributed by atoms with Crippen LogP contribution in [0.4, 0.5) is 5.69 Å². The Bertz CT molecular complexity index is 1020. The Morgan fingerprint density at radius 3 is 2.56 bits per heavy atom. The smallest absolute Gasteiger partial charge is 0.276 e. The van der Waals surface area contributed by atoms with Crippen molar-refractivity contribution in [2.24, 2.45) is 7.05 Å². The monoisotopic (exact) mass is 363 g/mol. The number of carbonyl (C=O) groups is 2. The average molecular weight is 363 g/mol. The van der Waals surface area contributed by atoms with Gasteiger partial charge in [0.2, 0.25) is 0 Å². The van der Waals surface area contributed by atoms with Crippen LogP contribution in [0, 0.1) is 6.92 Å². The highest BCUT2D eigenvalue weighted by atomic mass is 16.5. The fourth-order valence-corrected chi connectivity index (χ4v) is 2.90. The maximum Gasteiger partial charge on any atom is 0.276 e. The summed E-state index contributed by atoms with van der Waals surface area (Å²) >= 11 is 0. The number of nitrogens with zero attached hydrogens (tertiary/aromatic N) is 2. The van der Waals surface area contributed by atoms with Crippen molar-refractivity contribution in [2.45, 2.75) is 13.8 Å². The second-order valence-corrected chi connectivity index (χ2v) is 6.31. The van der Waals surface area contributed by atoms with Gasteiger partial charge in [-0.05, 0) is 55.8 Å². The highest BCUT2D eigenvalue weighted by Crippen LogP contribution is 2.26. The normalized spacial score (nSPS) is 10.5. The summed E-state index contributed by atoms with van der Waals surface area (Å²) in [4.78, 5) is 24.1. The number of aromatic nitrogens is 2. The van der Waals surface area contributed by atoms with E-state index in [9.17, 15) is 9.59 Å². The SMILES string of the molecule is COc1ccc(-c2cc(C(=O)Nc3cccc(C(C)=O)c3)nn2C)cc1C. The molecule has 6 heteroatoms.